The predicted molar refractivity (Wildman–Crippen MR) is 147 cm³/mol. The molecule has 1 fully saturated rings. The second kappa shape index (κ2) is 9.79. The number of anilines is 1. The normalized spacial score (nSPS) is 18.7. The summed E-state index contributed by atoms with van der Waals surface area (Å²) in [6, 6.07) is 5.54. The molecule has 9 nitrogen and oxygen atoms in total. The van der Waals surface area contributed by atoms with Crippen LogP contribution >= 0.6 is 10.2 Å². The summed E-state index contributed by atoms with van der Waals surface area (Å²) < 4.78 is 81.8. The number of rotatable bonds is 7. The maximum atomic E-state index is 14.4. The van der Waals surface area contributed by atoms with Crippen molar-refractivity contribution in [1.29, 1.82) is 0 Å². The molecule has 2 aromatic heterocycles. The number of nitrogens with one attached hydrogen (secondary N) is 1. The summed E-state index contributed by atoms with van der Waals surface area (Å²) in [6.07, 6.45) is 1.14. The summed E-state index contributed by atoms with van der Waals surface area (Å²) in [6.45, 7) is 2.05. The topological polar surface area (TPSA) is 110 Å². The first-order valence-corrected chi connectivity index (χ1v) is 14.7. The third-order valence-corrected chi connectivity index (χ3v) is 8.05. The van der Waals surface area contributed by atoms with Gasteiger partial charge in [0.1, 0.15) is 35.2 Å². The molecule has 1 N–H and O–H groups in total. The van der Waals surface area contributed by atoms with Gasteiger partial charge in [0.05, 0.1) is 12.1 Å². The largest absolute Gasteiger partial charge is 0.326 e. The lowest BCUT2D eigenvalue weighted by atomic mass is 10.0. The number of fused-ring (bicyclic) bond motifs is 1. The van der Waals surface area contributed by atoms with Gasteiger partial charge in [0.2, 0.25) is 11.8 Å². The number of carbonyl (C=O) groups is 3. The highest BCUT2D eigenvalue weighted by Gasteiger charge is 2.65. The molecule has 4 aromatic rings. The quantitative estimate of drug-likeness (QED) is 0.192. The van der Waals surface area contributed by atoms with Crippen LogP contribution in [0.25, 0.3) is 22.0 Å². The van der Waals surface area contributed by atoms with Gasteiger partial charge in [-0.15, -0.1) is 0 Å². The van der Waals surface area contributed by atoms with E-state index in [2.05, 4.69) is 20.4 Å². The van der Waals surface area contributed by atoms with E-state index in [0.717, 1.165) is 11.0 Å². The predicted octanol–water partition coefficient (Wildman–Crippen LogP) is 6.24. The van der Waals surface area contributed by atoms with Crippen molar-refractivity contribution in [3.63, 3.8) is 0 Å². The van der Waals surface area contributed by atoms with E-state index in [9.17, 15) is 38.2 Å². The van der Waals surface area contributed by atoms with Crippen molar-refractivity contribution < 1.29 is 38.2 Å². The molecule has 0 saturated carbocycles. The molecule has 0 aliphatic carbocycles. The molecule has 2 aromatic carbocycles. The maximum absolute atomic E-state index is 14.4. The van der Waals surface area contributed by atoms with Crippen LogP contribution in [-0.4, -0.2) is 61.0 Å². The molecule has 16 heteroatoms. The highest BCUT2D eigenvalue weighted by Crippen LogP contribution is 3.02. The first-order chi connectivity index (χ1) is 19.9. The van der Waals surface area contributed by atoms with E-state index in [1.807, 2.05) is 0 Å². The Morgan fingerprint density at radius 1 is 1.00 bits per heavy atom. The summed E-state index contributed by atoms with van der Waals surface area (Å²) in [5.41, 5.74) is 1.24. The second-order valence-corrected chi connectivity index (χ2v) is 12.6. The van der Waals surface area contributed by atoms with E-state index in [-0.39, 0.29) is 23.6 Å². The van der Waals surface area contributed by atoms with Gasteiger partial charge in [-0.25, -0.2) is 14.4 Å². The number of Topliss-reactive ketones (excluding diaryl/α,β-unsaturated/α-hetero) is 1. The Kier molecular flexibility index (Phi) is 6.83. The molecule has 0 bridgehead atoms. The molecule has 0 unspecified atom stereocenters. The van der Waals surface area contributed by atoms with E-state index in [0.29, 0.717) is 33.9 Å². The Balaban J connectivity index is 1.39. The van der Waals surface area contributed by atoms with E-state index < -0.39 is 64.3 Å². The summed E-state index contributed by atoms with van der Waals surface area (Å²) >= 11 is 0. The molecule has 1 aliphatic rings. The monoisotopic (exact) mass is 626 g/mol. The number of halogens is 6. The minimum atomic E-state index is -10.0. The van der Waals surface area contributed by atoms with Crippen molar-refractivity contribution in [1.82, 2.24) is 24.6 Å². The fourth-order valence-corrected chi connectivity index (χ4v) is 5.53. The van der Waals surface area contributed by atoms with Gasteiger partial charge in [-0.3, -0.25) is 19.1 Å². The van der Waals surface area contributed by atoms with Gasteiger partial charge in [-0.2, -0.15) is 5.10 Å². The number of hydrogen-bond donors (Lipinski definition) is 1. The van der Waals surface area contributed by atoms with Crippen LogP contribution in [0, 0.1) is 6.92 Å². The van der Waals surface area contributed by atoms with Crippen LogP contribution in [0.4, 0.5) is 29.5 Å². The van der Waals surface area contributed by atoms with E-state index in [1.165, 1.54) is 11.6 Å². The minimum absolute atomic E-state index is 0.0700. The lowest BCUT2D eigenvalue weighted by Crippen LogP contribution is -2.44. The number of nitrogens with zero attached hydrogens (tertiary/aromatic N) is 5. The molecule has 0 spiro atoms. The zero-order valence-electron chi connectivity index (χ0n) is 22.6. The van der Waals surface area contributed by atoms with Crippen LogP contribution in [0.2, 0.25) is 0 Å². The number of carbonyl (C=O) groups excluding carboxylic acids is 3. The van der Waals surface area contributed by atoms with Crippen molar-refractivity contribution in [2.45, 2.75) is 43.9 Å². The van der Waals surface area contributed by atoms with Gasteiger partial charge < -0.3 is 10.2 Å². The zero-order chi connectivity index (χ0) is 31.4. The molecule has 43 heavy (non-hydrogen) atoms. The second-order valence-electron chi connectivity index (χ2n) is 10.2. The van der Waals surface area contributed by atoms with Crippen molar-refractivity contribution >= 4 is 44.4 Å². The van der Waals surface area contributed by atoms with Gasteiger partial charge in [0, 0.05) is 42.4 Å². The van der Waals surface area contributed by atoms with E-state index in [1.54, 1.807) is 37.5 Å². The average Bonchev–Trinajstić information content (AvgIpc) is 3.48. The number of aromatic nitrogens is 4. The summed E-state index contributed by atoms with van der Waals surface area (Å²) in [5, 5.41) is 6.79. The van der Waals surface area contributed by atoms with Gasteiger partial charge >= 0.3 is 10.2 Å². The maximum Gasteiger partial charge on any atom is 0.310 e. The summed E-state index contributed by atoms with van der Waals surface area (Å²) in [7, 11) is -10.0. The van der Waals surface area contributed by atoms with Crippen LogP contribution < -0.4 is 5.32 Å². The number of amides is 2. The zero-order valence-corrected chi connectivity index (χ0v) is 23.4. The number of hydrogen-bond acceptors (Lipinski definition) is 6. The van der Waals surface area contributed by atoms with Crippen molar-refractivity contribution in [3.05, 3.63) is 66.4 Å². The number of ketones is 1. The molecule has 228 valence electrons. The number of benzene rings is 2. The average molecular weight is 627 g/mol. The molecule has 0 radical (unpaired) electrons. The molecule has 3 heterocycles. The fourth-order valence-electron chi connectivity index (χ4n) is 4.85. The first kappa shape index (κ1) is 30.0. The molecular formula is C27H24F6N6O3S. The standard InChI is InChI=1S/C27H24F6N6O3S/c1-15(40)26-22-8-17(18-11-34-16(2)35-12-18)6-7-23(22)39(37-26)14-25(41)38-13-19(28)9-24(38)27(42)36-20-4-3-5-21(10-20)43(29,30,31,32)33/h3-8,10-12,19,24H,9,13-14H2,1-2H3,(H,36,42)/t19-,24+/m1/s1. The van der Waals surface area contributed by atoms with Gasteiger partial charge in [0.15, 0.2) is 5.78 Å². The fraction of sp³-hybridized carbons (Fsp3) is 0.259. The Morgan fingerprint density at radius 2 is 1.70 bits per heavy atom. The summed E-state index contributed by atoms with van der Waals surface area (Å²) in [5.74, 6) is -1.61. The van der Waals surface area contributed by atoms with Crippen LogP contribution in [0.3, 0.4) is 0 Å². The Bertz CT molecular complexity index is 1780. The Labute approximate surface area is 240 Å². The van der Waals surface area contributed by atoms with Crippen LogP contribution in [0.5, 0.6) is 0 Å². The smallest absolute Gasteiger partial charge is 0.310 e. The SMILES string of the molecule is CC(=O)c1nn(CC(=O)N2C[C@H](F)C[C@H]2C(=O)Nc2cccc(S(F)(F)(F)(F)F)c2)c2ccc(-c3cnc(C)nc3)cc12. The lowest BCUT2D eigenvalue weighted by molar-refractivity contribution is -0.137. The van der Waals surface area contributed by atoms with Gasteiger partial charge in [-0.1, -0.05) is 31.6 Å². The number of alkyl halides is 1. The van der Waals surface area contributed by atoms with Gasteiger partial charge in [-0.05, 0) is 42.8 Å². The molecule has 2 atom stereocenters. The van der Waals surface area contributed by atoms with Crippen LogP contribution in [0.1, 0.15) is 29.7 Å². The molecule has 5 rings (SSSR count). The van der Waals surface area contributed by atoms with Crippen LogP contribution in [-0.2, 0) is 16.1 Å². The highest BCUT2D eigenvalue weighted by atomic mass is 32.5. The molecule has 1 aliphatic heterocycles. The Hall–Kier alpha value is -4.47. The summed E-state index contributed by atoms with van der Waals surface area (Å²) in [4.78, 5) is 45.7. The lowest BCUT2D eigenvalue weighted by Gasteiger charge is -2.40. The van der Waals surface area contributed by atoms with E-state index >= 15 is 0 Å². The third-order valence-electron chi connectivity index (χ3n) is 6.90. The molecular weight excluding hydrogens is 602 g/mol. The first-order valence-electron chi connectivity index (χ1n) is 12.8. The van der Waals surface area contributed by atoms with E-state index in [4.69, 9.17) is 0 Å². The van der Waals surface area contributed by atoms with Crippen LogP contribution in [0.15, 0.2) is 59.8 Å². The number of aryl methyl sites for hydroxylation is 1. The molecule has 2 amide bonds. The van der Waals surface area contributed by atoms with Crippen molar-refractivity contribution in [2.75, 3.05) is 11.9 Å². The highest BCUT2D eigenvalue weighted by molar-refractivity contribution is 8.45. The Morgan fingerprint density at radius 3 is 2.35 bits per heavy atom. The third kappa shape index (κ3) is 6.33. The minimum Gasteiger partial charge on any atom is -0.326 e. The van der Waals surface area contributed by atoms with Crippen molar-refractivity contribution in [2.24, 2.45) is 0 Å². The van der Waals surface area contributed by atoms with Gasteiger partial charge in [0.25, 0.3) is 0 Å². The van der Waals surface area contributed by atoms with Crippen molar-refractivity contribution in [3.8, 4) is 11.1 Å². The number of likely N-dealkylation sites (tertiary alicyclic amines) is 1. The molecule has 1 saturated heterocycles.